The van der Waals surface area contributed by atoms with E-state index in [-0.39, 0.29) is 17.8 Å². The second-order valence-corrected chi connectivity index (χ2v) is 7.19. The molecule has 3 rings (SSSR count). The maximum absolute atomic E-state index is 13.1. The van der Waals surface area contributed by atoms with E-state index in [1.54, 1.807) is 36.1 Å². The summed E-state index contributed by atoms with van der Waals surface area (Å²) in [6.07, 6.45) is 1.53. The number of carbonyl (C=O) groups excluding carboxylic acids is 2. The first kappa shape index (κ1) is 20.2. The summed E-state index contributed by atoms with van der Waals surface area (Å²) in [7, 11) is 0. The highest BCUT2D eigenvalue weighted by Crippen LogP contribution is 2.25. The molecule has 28 heavy (non-hydrogen) atoms. The molecular weight excluding hydrogens is 378 g/mol. The second kappa shape index (κ2) is 9.60. The zero-order valence-electron chi connectivity index (χ0n) is 15.9. The molecule has 0 spiro atoms. The summed E-state index contributed by atoms with van der Waals surface area (Å²) < 4.78 is 11.0. The van der Waals surface area contributed by atoms with Gasteiger partial charge in [-0.3, -0.25) is 9.59 Å². The number of para-hydroxylation sites is 1. The van der Waals surface area contributed by atoms with Crippen molar-refractivity contribution in [3.05, 3.63) is 64.7 Å². The van der Waals surface area contributed by atoms with E-state index in [1.807, 2.05) is 24.3 Å². The molecule has 1 saturated heterocycles. The second-order valence-electron chi connectivity index (χ2n) is 6.75. The third-order valence-electron chi connectivity index (χ3n) is 4.75. The summed E-state index contributed by atoms with van der Waals surface area (Å²) in [5.74, 6) is -0.0894. The Morgan fingerprint density at radius 1 is 1.14 bits per heavy atom. The van der Waals surface area contributed by atoms with E-state index in [0.717, 1.165) is 18.4 Å². The Kier molecular flexibility index (Phi) is 6.93. The van der Waals surface area contributed by atoms with Crippen LogP contribution in [0.15, 0.2) is 48.5 Å². The molecule has 1 amide bonds. The Morgan fingerprint density at radius 3 is 2.64 bits per heavy atom. The predicted octanol–water partition coefficient (Wildman–Crippen LogP) is 4.33. The molecule has 0 radical (unpaired) electrons. The van der Waals surface area contributed by atoms with E-state index >= 15 is 0 Å². The monoisotopic (exact) mass is 401 g/mol. The van der Waals surface area contributed by atoms with E-state index in [1.165, 1.54) is 0 Å². The van der Waals surface area contributed by atoms with Gasteiger partial charge in [0.15, 0.2) is 0 Å². The van der Waals surface area contributed by atoms with Crippen LogP contribution in [0, 0.1) is 5.92 Å². The van der Waals surface area contributed by atoms with Crippen molar-refractivity contribution in [2.75, 3.05) is 19.7 Å². The van der Waals surface area contributed by atoms with E-state index < -0.39 is 0 Å². The average Bonchev–Trinajstić information content (AvgIpc) is 2.73. The molecule has 0 aliphatic carbocycles. The molecule has 6 heteroatoms. The van der Waals surface area contributed by atoms with Crippen molar-refractivity contribution in [3.63, 3.8) is 0 Å². The molecule has 148 valence electrons. The van der Waals surface area contributed by atoms with Gasteiger partial charge in [0.25, 0.3) is 5.91 Å². The number of amides is 1. The SMILES string of the molecule is CCOC(=O)C1CCCN(C(=O)c2ccccc2OCc2ccc(Cl)cc2)C1. The summed E-state index contributed by atoms with van der Waals surface area (Å²) in [5, 5.41) is 0.667. The first-order chi connectivity index (χ1) is 13.6. The number of rotatable bonds is 6. The van der Waals surface area contributed by atoms with Crippen molar-refractivity contribution >= 4 is 23.5 Å². The predicted molar refractivity (Wildman–Crippen MR) is 107 cm³/mol. The molecule has 1 aliphatic rings. The lowest BCUT2D eigenvalue weighted by atomic mass is 9.97. The molecule has 2 aromatic carbocycles. The normalized spacial score (nSPS) is 16.5. The van der Waals surface area contributed by atoms with Gasteiger partial charge in [-0.25, -0.2) is 0 Å². The van der Waals surface area contributed by atoms with Crippen LogP contribution in [0.3, 0.4) is 0 Å². The number of halogens is 1. The number of hydrogen-bond donors (Lipinski definition) is 0. The zero-order chi connectivity index (χ0) is 19.9. The number of piperidine rings is 1. The van der Waals surface area contributed by atoms with Crippen LogP contribution in [-0.2, 0) is 16.1 Å². The molecule has 0 N–H and O–H groups in total. The van der Waals surface area contributed by atoms with E-state index in [4.69, 9.17) is 21.1 Å². The van der Waals surface area contributed by atoms with Crippen LogP contribution in [0.25, 0.3) is 0 Å². The Balaban J connectivity index is 1.69. The van der Waals surface area contributed by atoms with Crippen LogP contribution < -0.4 is 4.74 Å². The van der Waals surface area contributed by atoms with E-state index in [2.05, 4.69) is 0 Å². The number of carbonyl (C=O) groups is 2. The molecule has 1 aliphatic heterocycles. The van der Waals surface area contributed by atoms with Gasteiger partial charge in [-0.15, -0.1) is 0 Å². The number of likely N-dealkylation sites (tertiary alicyclic amines) is 1. The smallest absolute Gasteiger partial charge is 0.310 e. The minimum Gasteiger partial charge on any atom is -0.488 e. The Morgan fingerprint density at radius 2 is 1.89 bits per heavy atom. The fourth-order valence-electron chi connectivity index (χ4n) is 3.30. The minimum absolute atomic E-state index is 0.124. The molecule has 0 saturated carbocycles. The van der Waals surface area contributed by atoms with Crippen LogP contribution in [-0.4, -0.2) is 36.5 Å². The fraction of sp³-hybridized carbons (Fsp3) is 0.364. The molecule has 0 bridgehead atoms. The Hall–Kier alpha value is -2.53. The van der Waals surface area contributed by atoms with Gasteiger partial charge in [-0.1, -0.05) is 35.9 Å². The van der Waals surface area contributed by atoms with Crippen molar-refractivity contribution in [2.24, 2.45) is 5.92 Å². The fourth-order valence-corrected chi connectivity index (χ4v) is 3.42. The molecule has 2 aromatic rings. The quantitative estimate of drug-likeness (QED) is 0.676. The molecule has 1 unspecified atom stereocenters. The van der Waals surface area contributed by atoms with Gasteiger partial charge in [0.1, 0.15) is 12.4 Å². The van der Waals surface area contributed by atoms with Gasteiger partial charge in [0.05, 0.1) is 18.1 Å². The van der Waals surface area contributed by atoms with Crippen molar-refractivity contribution in [2.45, 2.75) is 26.4 Å². The molecule has 0 aromatic heterocycles. The molecule has 1 heterocycles. The summed E-state index contributed by atoms with van der Waals surface area (Å²) in [6, 6.07) is 14.6. The maximum atomic E-state index is 13.1. The third kappa shape index (κ3) is 5.04. The number of benzene rings is 2. The highest BCUT2D eigenvalue weighted by Gasteiger charge is 2.30. The summed E-state index contributed by atoms with van der Waals surface area (Å²) in [4.78, 5) is 26.9. The summed E-state index contributed by atoms with van der Waals surface area (Å²) >= 11 is 5.91. The van der Waals surface area contributed by atoms with Gasteiger partial charge in [0, 0.05) is 18.1 Å². The first-order valence-electron chi connectivity index (χ1n) is 9.50. The van der Waals surface area contributed by atoms with Crippen molar-refractivity contribution in [3.8, 4) is 5.75 Å². The highest BCUT2D eigenvalue weighted by atomic mass is 35.5. The molecule has 5 nitrogen and oxygen atoms in total. The standard InChI is InChI=1S/C22H24ClNO4/c1-2-27-22(26)17-6-5-13-24(14-17)21(25)19-7-3-4-8-20(19)28-15-16-9-11-18(23)12-10-16/h3-4,7-12,17H,2,5-6,13-15H2,1H3. The number of esters is 1. The Labute approximate surface area is 170 Å². The number of ether oxygens (including phenoxy) is 2. The lowest BCUT2D eigenvalue weighted by Gasteiger charge is -2.32. The molecule has 1 atom stereocenters. The Bertz CT molecular complexity index is 822. The van der Waals surface area contributed by atoms with Crippen molar-refractivity contribution in [1.29, 1.82) is 0 Å². The van der Waals surface area contributed by atoms with Gasteiger partial charge in [0.2, 0.25) is 0 Å². The minimum atomic E-state index is -0.264. The lowest BCUT2D eigenvalue weighted by Crippen LogP contribution is -2.42. The van der Waals surface area contributed by atoms with Crippen LogP contribution in [0.4, 0.5) is 0 Å². The summed E-state index contributed by atoms with van der Waals surface area (Å²) in [5.41, 5.74) is 1.47. The number of nitrogens with zero attached hydrogens (tertiary/aromatic N) is 1. The largest absolute Gasteiger partial charge is 0.488 e. The van der Waals surface area contributed by atoms with E-state index in [9.17, 15) is 9.59 Å². The van der Waals surface area contributed by atoms with Crippen molar-refractivity contribution in [1.82, 2.24) is 4.90 Å². The van der Waals surface area contributed by atoms with Crippen LogP contribution in [0.1, 0.15) is 35.7 Å². The number of hydrogen-bond acceptors (Lipinski definition) is 4. The lowest BCUT2D eigenvalue weighted by molar-refractivity contribution is -0.149. The molecule has 1 fully saturated rings. The molecular formula is C22H24ClNO4. The van der Waals surface area contributed by atoms with Crippen molar-refractivity contribution < 1.29 is 19.1 Å². The van der Waals surface area contributed by atoms with E-state index in [0.29, 0.717) is 42.6 Å². The topological polar surface area (TPSA) is 55.8 Å². The van der Waals surface area contributed by atoms with Crippen LogP contribution in [0.5, 0.6) is 5.75 Å². The summed E-state index contributed by atoms with van der Waals surface area (Å²) in [6.45, 7) is 3.49. The zero-order valence-corrected chi connectivity index (χ0v) is 16.7. The maximum Gasteiger partial charge on any atom is 0.310 e. The van der Waals surface area contributed by atoms with Gasteiger partial charge in [-0.2, -0.15) is 0 Å². The third-order valence-corrected chi connectivity index (χ3v) is 5.01. The first-order valence-corrected chi connectivity index (χ1v) is 9.88. The van der Waals surface area contributed by atoms with Crippen LogP contribution in [0.2, 0.25) is 5.02 Å². The highest BCUT2D eigenvalue weighted by molar-refractivity contribution is 6.30. The van der Waals surface area contributed by atoms with Crippen LogP contribution >= 0.6 is 11.6 Å². The average molecular weight is 402 g/mol. The van der Waals surface area contributed by atoms with Gasteiger partial charge in [-0.05, 0) is 49.6 Å². The van der Waals surface area contributed by atoms with Gasteiger partial charge >= 0.3 is 5.97 Å². The van der Waals surface area contributed by atoms with Gasteiger partial charge < -0.3 is 14.4 Å².